The van der Waals surface area contributed by atoms with Crippen LogP contribution in [0.1, 0.15) is 16.0 Å². The molecule has 1 unspecified atom stereocenters. The number of hydrogen-bond donors (Lipinski definition) is 1. The van der Waals surface area contributed by atoms with Crippen LogP contribution in [0.2, 0.25) is 0 Å². The molecule has 1 atom stereocenters. The van der Waals surface area contributed by atoms with E-state index < -0.39 is 8.25 Å². The zero-order valence-electron chi connectivity index (χ0n) is 21.3. The number of anilines is 3. The summed E-state index contributed by atoms with van der Waals surface area (Å²) in [5, 5.41) is 9.05. The van der Waals surface area contributed by atoms with Crippen LogP contribution in [0.5, 0.6) is 0 Å². The Morgan fingerprint density at radius 2 is 1.32 bits per heavy atom. The molecule has 0 saturated heterocycles. The predicted octanol–water partition coefficient (Wildman–Crippen LogP) is 9.59. The van der Waals surface area contributed by atoms with Gasteiger partial charge in [-0.1, -0.05) is 78.9 Å². The Morgan fingerprint density at radius 1 is 0.750 bits per heavy atom. The molecule has 0 aliphatic carbocycles. The largest absolute Gasteiger partial charge is 0.748 e. The summed E-state index contributed by atoms with van der Waals surface area (Å²) in [5.41, 5.74) is 6.15. The fourth-order valence-electron chi connectivity index (χ4n) is 4.17. The summed E-state index contributed by atoms with van der Waals surface area (Å²) in [6.07, 6.45) is 5.65. The number of rotatable bonds is 9. The van der Waals surface area contributed by atoms with Gasteiger partial charge < -0.3 is 4.90 Å². The Balaban J connectivity index is 1.29. The second kappa shape index (κ2) is 12.8. The first-order chi connectivity index (χ1) is 19.6. The quantitative estimate of drug-likeness (QED) is 0.111. The molecule has 0 fully saturated rings. The van der Waals surface area contributed by atoms with Crippen molar-refractivity contribution in [2.24, 2.45) is 0 Å². The molecule has 0 radical (unpaired) electrons. The van der Waals surface area contributed by atoms with Gasteiger partial charge in [-0.15, -0.1) is 16.2 Å². The van der Waals surface area contributed by atoms with Crippen molar-refractivity contribution < 1.29 is 14.0 Å². The highest BCUT2D eigenvalue weighted by Gasteiger charge is 2.16. The van der Waals surface area contributed by atoms with Crippen LogP contribution >= 0.6 is 19.6 Å². The maximum absolute atomic E-state index is 10.8. The standard InChI is InChI=1S/C33H23N2O3PS/c34-24-31(38-39(36)37)23-26-11-16-27(17-12-26)33-22-21-32(40-33)20-15-25-13-18-30(19-14-25)35(28-7-3-1-4-8-28)29-9-5-2-6-10-29/h1-23H/p+1/b20-15+,31-23+. The summed E-state index contributed by atoms with van der Waals surface area (Å²) in [6.45, 7) is 0. The highest BCUT2D eigenvalue weighted by atomic mass is 32.1. The van der Waals surface area contributed by atoms with Crippen molar-refractivity contribution >= 4 is 54.9 Å². The molecule has 40 heavy (non-hydrogen) atoms. The Labute approximate surface area is 238 Å². The van der Waals surface area contributed by atoms with Gasteiger partial charge in [0.05, 0.1) is 0 Å². The van der Waals surface area contributed by atoms with Gasteiger partial charge in [-0.05, 0) is 71.3 Å². The minimum Gasteiger partial charge on any atom is -0.311 e. The van der Waals surface area contributed by atoms with E-state index in [2.05, 4.69) is 82.2 Å². The summed E-state index contributed by atoms with van der Waals surface area (Å²) in [4.78, 5) is 13.3. The summed E-state index contributed by atoms with van der Waals surface area (Å²) in [6, 6.07) is 42.7. The SMILES string of the molecule is N#C/C(=C\c1ccc(-c2ccc(/C=C/c3ccc(N(c4ccccc4)c4ccccc4)cc3)s2)cc1)O[P+](=O)O. The van der Waals surface area contributed by atoms with Crippen molar-refractivity contribution in [2.75, 3.05) is 4.90 Å². The van der Waals surface area contributed by atoms with Crippen LogP contribution in [0, 0.1) is 11.3 Å². The number of benzene rings is 4. The maximum Gasteiger partial charge on any atom is 0.748 e. The minimum absolute atomic E-state index is 0.208. The Bertz CT molecular complexity index is 1650. The average Bonchev–Trinajstić information content (AvgIpc) is 3.47. The van der Waals surface area contributed by atoms with Crippen LogP contribution in [0.3, 0.4) is 0 Å². The number of para-hydroxylation sites is 2. The van der Waals surface area contributed by atoms with Gasteiger partial charge in [0.15, 0.2) is 0 Å². The highest BCUT2D eigenvalue weighted by molar-refractivity contribution is 7.32. The molecule has 5 nitrogen and oxygen atoms in total. The Morgan fingerprint density at radius 3 is 1.90 bits per heavy atom. The molecule has 5 aromatic rings. The lowest BCUT2D eigenvalue weighted by molar-refractivity contribution is 0.365. The van der Waals surface area contributed by atoms with Crippen molar-refractivity contribution in [3.63, 3.8) is 0 Å². The van der Waals surface area contributed by atoms with E-state index in [-0.39, 0.29) is 5.76 Å². The summed E-state index contributed by atoms with van der Waals surface area (Å²) < 4.78 is 15.4. The second-order valence-corrected chi connectivity index (χ2v) is 10.5. The van der Waals surface area contributed by atoms with Gasteiger partial charge >= 0.3 is 8.25 Å². The molecule has 0 aliphatic rings. The van der Waals surface area contributed by atoms with Gasteiger partial charge in [0.2, 0.25) is 0 Å². The Hall–Kier alpha value is -4.79. The first-order valence-corrected chi connectivity index (χ1v) is 14.4. The van der Waals surface area contributed by atoms with Crippen LogP contribution in [-0.4, -0.2) is 4.89 Å². The van der Waals surface area contributed by atoms with E-state index >= 15 is 0 Å². The summed E-state index contributed by atoms with van der Waals surface area (Å²) in [5.74, 6) is -0.208. The van der Waals surface area contributed by atoms with E-state index in [1.807, 2.05) is 60.7 Å². The monoisotopic (exact) mass is 559 g/mol. The molecular weight excluding hydrogens is 535 g/mol. The number of nitriles is 1. The zero-order valence-corrected chi connectivity index (χ0v) is 23.0. The lowest BCUT2D eigenvalue weighted by Gasteiger charge is -2.25. The van der Waals surface area contributed by atoms with E-state index in [9.17, 15) is 4.57 Å². The molecule has 0 saturated carbocycles. The Kier molecular flexibility index (Phi) is 8.60. The predicted molar refractivity (Wildman–Crippen MR) is 164 cm³/mol. The van der Waals surface area contributed by atoms with Gasteiger partial charge in [0, 0.05) is 37.5 Å². The van der Waals surface area contributed by atoms with Crippen molar-refractivity contribution in [1.82, 2.24) is 0 Å². The van der Waals surface area contributed by atoms with Gasteiger partial charge in [-0.2, -0.15) is 5.26 Å². The first-order valence-electron chi connectivity index (χ1n) is 12.4. The van der Waals surface area contributed by atoms with Crippen LogP contribution in [0.15, 0.2) is 127 Å². The molecule has 0 bridgehead atoms. The van der Waals surface area contributed by atoms with Crippen molar-refractivity contribution in [3.05, 3.63) is 143 Å². The fraction of sp³-hybridized carbons (Fsp3) is 0. The minimum atomic E-state index is -2.87. The highest BCUT2D eigenvalue weighted by Crippen LogP contribution is 2.35. The number of thiophene rings is 1. The van der Waals surface area contributed by atoms with Crippen LogP contribution in [0.25, 0.3) is 28.7 Å². The van der Waals surface area contributed by atoms with Gasteiger partial charge in [-0.25, -0.2) is 4.52 Å². The van der Waals surface area contributed by atoms with E-state index in [0.29, 0.717) is 5.56 Å². The smallest absolute Gasteiger partial charge is 0.311 e. The molecule has 0 spiro atoms. The third-order valence-corrected chi connectivity index (χ3v) is 7.48. The molecule has 1 aromatic heterocycles. The van der Waals surface area contributed by atoms with Crippen LogP contribution < -0.4 is 4.90 Å². The van der Waals surface area contributed by atoms with Crippen molar-refractivity contribution in [1.29, 1.82) is 5.26 Å². The molecule has 0 amide bonds. The number of nitrogens with zero attached hydrogens (tertiary/aromatic N) is 2. The van der Waals surface area contributed by atoms with E-state index in [1.54, 1.807) is 17.4 Å². The summed E-state index contributed by atoms with van der Waals surface area (Å²) in [7, 11) is -2.87. The van der Waals surface area contributed by atoms with E-state index in [4.69, 9.17) is 10.2 Å². The number of hydrogen-bond acceptors (Lipinski definition) is 5. The molecule has 5 rings (SSSR count). The molecule has 7 heteroatoms. The lowest BCUT2D eigenvalue weighted by Crippen LogP contribution is -2.09. The maximum atomic E-state index is 10.8. The third kappa shape index (κ3) is 6.79. The summed E-state index contributed by atoms with van der Waals surface area (Å²) >= 11 is 1.68. The normalized spacial score (nSPS) is 11.7. The van der Waals surface area contributed by atoms with Gasteiger partial charge in [0.25, 0.3) is 5.76 Å². The average molecular weight is 560 g/mol. The van der Waals surface area contributed by atoms with Crippen molar-refractivity contribution in [2.45, 2.75) is 0 Å². The number of allylic oxidation sites excluding steroid dienone is 1. The lowest BCUT2D eigenvalue weighted by atomic mass is 10.1. The van der Waals surface area contributed by atoms with E-state index in [0.717, 1.165) is 37.9 Å². The van der Waals surface area contributed by atoms with E-state index in [1.165, 1.54) is 6.08 Å². The molecule has 1 heterocycles. The molecule has 1 N–H and O–H groups in total. The first kappa shape index (κ1) is 26.8. The second-order valence-electron chi connectivity index (χ2n) is 8.70. The topological polar surface area (TPSA) is 73.6 Å². The van der Waals surface area contributed by atoms with Gasteiger partial charge in [0.1, 0.15) is 6.07 Å². The van der Waals surface area contributed by atoms with Gasteiger partial charge in [-0.3, -0.25) is 0 Å². The third-order valence-electron chi connectivity index (χ3n) is 6.03. The van der Waals surface area contributed by atoms with Crippen molar-refractivity contribution in [3.8, 4) is 16.5 Å². The molecular formula is C33H24N2O3PS+. The molecule has 4 aromatic carbocycles. The zero-order chi connectivity index (χ0) is 27.7. The fourth-order valence-corrected chi connectivity index (χ4v) is 5.35. The van der Waals surface area contributed by atoms with Crippen LogP contribution in [-0.2, 0) is 9.09 Å². The molecule has 194 valence electrons. The molecule has 0 aliphatic heterocycles. The van der Waals surface area contributed by atoms with Crippen LogP contribution in [0.4, 0.5) is 17.1 Å².